The van der Waals surface area contributed by atoms with Crippen LogP contribution in [0.5, 0.6) is 0 Å². The maximum absolute atomic E-state index is 11.9. The summed E-state index contributed by atoms with van der Waals surface area (Å²) in [6.45, 7) is 2.62. The molecule has 1 amide bonds. The van der Waals surface area contributed by atoms with Crippen molar-refractivity contribution in [1.29, 1.82) is 0 Å². The third-order valence-electron chi connectivity index (χ3n) is 2.55. The Balaban J connectivity index is 2.63. The maximum atomic E-state index is 11.9. The number of carbonyl (C=O) groups is 1. The lowest BCUT2D eigenvalue weighted by Gasteiger charge is -2.11. The zero-order valence-corrected chi connectivity index (χ0v) is 11.3. The Bertz CT molecular complexity index is 412. The van der Waals surface area contributed by atoms with Crippen molar-refractivity contribution in [1.82, 2.24) is 10.3 Å². The number of rotatable bonds is 6. The molecule has 1 unspecified atom stereocenters. The number of anilines is 1. The minimum Gasteiger partial charge on any atom is -0.396 e. The van der Waals surface area contributed by atoms with Crippen LogP contribution >= 0.6 is 11.6 Å². The Morgan fingerprint density at radius 1 is 1.56 bits per heavy atom. The number of carbonyl (C=O) groups excluding carboxylic acids is 1. The number of nitrogens with zero attached hydrogens (tertiary/aromatic N) is 1. The van der Waals surface area contributed by atoms with Crippen molar-refractivity contribution in [3.8, 4) is 0 Å². The molecule has 6 heteroatoms. The van der Waals surface area contributed by atoms with E-state index in [0.29, 0.717) is 24.3 Å². The van der Waals surface area contributed by atoms with Crippen LogP contribution in [0.3, 0.4) is 0 Å². The van der Waals surface area contributed by atoms with Gasteiger partial charge in [-0.25, -0.2) is 4.98 Å². The first-order valence-electron chi connectivity index (χ1n) is 5.81. The van der Waals surface area contributed by atoms with E-state index >= 15 is 0 Å². The van der Waals surface area contributed by atoms with E-state index in [4.69, 9.17) is 16.7 Å². The second-order valence-electron chi connectivity index (χ2n) is 4.14. The maximum Gasteiger partial charge on any atom is 0.251 e. The molecule has 0 aliphatic carbocycles. The molecular weight excluding hydrogens is 254 g/mol. The first-order valence-corrected chi connectivity index (χ1v) is 6.19. The van der Waals surface area contributed by atoms with Gasteiger partial charge < -0.3 is 15.7 Å². The molecule has 18 heavy (non-hydrogen) atoms. The lowest BCUT2D eigenvalue weighted by atomic mass is 10.1. The van der Waals surface area contributed by atoms with E-state index in [1.165, 1.54) is 6.07 Å². The molecule has 0 saturated heterocycles. The number of aromatic nitrogens is 1. The molecule has 1 atom stereocenters. The topological polar surface area (TPSA) is 74.2 Å². The fraction of sp³-hybridized carbons (Fsp3) is 0.500. The van der Waals surface area contributed by atoms with Crippen molar-refractivity contribution in [3.63, 3.8) is 0 Å². The molecule has 1 aromatic rings. The normalized spacial score (nSPS) is 12.0. The largest absolute Gasteiger partial charge is 0.396 e. The Hall–Kier alpha value is -1.33. The molecule has 0 saturated carbocycles. The zero-order chi connectivity index (χ0) is 13.5. The molecule has 0 aliphatic rings. The van der Waals surface area contributed by atoms with E-state index in [-0.39, 0.29) is 23.6 Å². The van der Waals surface area contributed by atoms with Crippen LogP contribution in [0.15, 0.2) is 12.1 Å². The van der Waals surface area contributed by atoms with Crippen LogP contribution in [0.2, 0.25) is 5.15 Å². The van der Waals surface area contributed by atoms with Crippen LogP contribution in [0, 0.1) is 5.92 Å². The molecule has 3 N–H and O–H groups in total. The molecule has 1 rings (SSSR count). The summed E-state index contributed by atoms with van der Waals surface area (Å²) in [5.41, 5.74) is 0.468. The lowest BCUT2D eigenvalue weighted by Crippen LogP contribution is -2.28. The molecule has 1 aromatic heterocycles. The number of hydrogen-bond donors (Lipinski definition) is 3. The van der Waals surface area contributed by atoms with Gasteiger partial charge in [0.15, 0.2) is 0 Å². The number of nitrogens with one attached hydrogen (secondary N) is 2. The highest BCUT2D eigenvalue weighted by molar-refractivity contribution is 6.29. The smallest absolute Gasteiger partial charge is 0.251 e. The van der Waals surface area contributed by atoms with Gasteiger partial charge in [0.25, 0.3) is 5.91 Å². The number of aliphatic hydroxyl groups excluding tert-OH is 1. The van der Waals surface area contributed by atoms with Crippen molar-refractivity contribution >= 4 is 23.3 Å². The van der Waals surface area contributed by atoms with Gasteiger partial charge in [-0.1, -0.05) is 18.5 Å². The summed E-state index contributed by atoms with van der Waals surface area (Å²) in [6, 6.07) is 3.16. The molecule has 0 spiro atoms. The molecule has 0 fully saturated rings. The highest BCUT2D eigenvalue weighted by atomic mass is 35.5. The average Bonchev–Trinajstić information content (AvgIpc) is 2.35. The summed E-state index contributed by atoms with van der Waals surface area (Å²) in [5, 5.41) is 14.7. The molecule has 0 aliphatic heterocycles. The predicted molar refractivity (Wildman–Crippen MR) is 72.0 cm³/mol. The molecule has 0 aromatic carbocycles. The van der Waals surface area contributed by atoms with Crippen LogP contribution in [0.4, 0.5) is 5.82 Å². The van der Waals surface area contributed by atoms with Crippen LogP contribution < -0.4 is 10.6 Å². The Morgan fingerprint density at radius 3 is 2.89 bits per heavy atom. The van der Waals surface area contributed by atoms with E-state index in [9.17, 15) is 4.79 Å². The molecular formula is C12H18ClN3O2. The van der Waals surface area contributed by atoms with Crippen molar-refractivity contribution < 1.29 is 9.90 Å². The van der Waals surface area contributed by atoms with Gasteiger partial charge in [0, 0.05) is 25.8 Å². The third kappa shape index (κ3) is 4.50. The van der Waals surface area contributed by atoms with Gasteiger partial charge in [-0.05, 0) is 24.5 Å². The molecule has 0 bridgehead atoms. The van der Waals surface area contributed by atoms with Crippen LogP contribution in [0.1, 0.15) is 23.7 Å². The van der Waals surface area contributed by atoms with Gasteiger partial charge in [0.2, 0.25) is 0 Å². The van der Waals surface area contributed by atoms with Crippen molar-refractivity contribution in [2.24, 2.45) is 5.92 Å². The Morgan fingerprint density at radius 2 is 2.28 bits per heavy atom. The number of halogens is 1. The van der Waals surface area contributed by atoms with Crippen LogP contribution in [0.25, 0.3) is 0 Å². The summed E-state index contributed by atoms with van der Waals surface area (Å²) in [6.07, 6.45) is 0.666. The second kappa shape index (κ2) is 7.18. The highest BCUT2D eigenvalue weighted by Gasteiger charge is 2.10. The van der Waals surface area contributed by atoms with Crippen molar-refractivity contribution in [3.05, 3.63) is 22.8 Å². The van der Waals surface area contributed by atoms with E-state index in [0.717, 1.165) is 0 Å². The Labute approximate surface area is 112 Å². The number of pyridine rings is 1. The Kier molecular flexibility index (Phi) is 5.88. The van der Waals surface area contributed by atoms with Gasteiger partial charge in [-0.15, -0.1) is 0 Å². The van der Waals surface area contributed by atoms with Gasteiger partial charge in [-0.2, -0.15) is 0 Å². The highest BCUT2D eigenvalue weighted by Crippen LogP contribution is 2.14. The molecule has 0 radical (unpaired) electrons. The summed E-state index contributed by atoms with van der Waals surface area (Å²) >= 11 is 5.82. The molecule has 5 nitrogen and oxygen atoms in total. The van der Waals surface area contributed by atoms with Gasteiger partial charge in [0.1, 0.15) is 11.0 Å². The standard InChI is InChI=1S/C12H18ClN3O2/c1-8(3-4-17)7-15-12(18)9-5-10(13)16-11(6-9)14-2/h5-6,8,17H,3-4,7H2,1-2H3,(H,14,16)(H,15,18). The zero-order valence-electron chi connectivity index (χ0n) is 10.5. The van der Waals surface area contributed by atoms with E-state index in [1.807, 2.05) is 6.92 Å². The summed E-state index contributed by atoms with van der Waals surface area (Å²) in [4.78, 5) is 15.9. The summed E-state index contributed by atoms with van der Waals surface area (Å²) in [7, 11) is 1.71. The minimum absolute atomic E-state index is 0.127. The number of aliphatic hydroxyl groups is 1. The fourth-order valence-corrected chi connectivity index (χ4v) is 1.66. The quantitative estimate of drug-likeness (QED) is 0.686. The van der Waals surface area contributed by atoms with Crippen LogP contribution in [-0.2, 0) is 0 Å². The SMILES string of the molecule is CNc1cc(C(=O)NCC(C)CCO)cc(Cl)n1. The van der Waals surface area contributed by atoms with Crippen molar-refractivity contribution in [2.75, 3.05) is 25.5 Å². The average molecular weight is 272 g/mol. The van der Waals surface area contributed by atoms with Gasteiger partial charge in [-0.3, -0.25) is 4.79 Å². The molecule has 1 heterocycles. The first-order chi connectivity index (χ1) is 8.56. The lowest BCUT2D eigenvalue weighted by molar-refractivity contribution is 0.0945. The second-order valence-corrected chi connectivity index (χ2v) is 4.53. The first kappa shape index (κ1) is 14.7. The fourth-order valence-electron chi connectivity index (χ4n) is 1.45. The predicted octanol–water partition coefficient (Wildman–Crippen LogP) is 1.52. The summed E-state index contributed by atoms with van der Waals surface area (Å²) in [5.74, 6) is 0.594. The third-order valence-corrected chi connectivity index (χ3v) is 2.74. The monoisotopic (exact) mass is 271 g/mol. The molecule has 100 valence electrons. The minimum atomic E-state index is -0.194. The number of amides is 1. The van der Waals surface area contributed by atoms with E-state index in [2.05, 4.69) is 15.6 Å². The van der Waals surface area contributed by atoms with Gasteiger partial charge >= 0.3 is 0 Å². The van der Waals surface area contributed by atoms with E-state index in [1.54, 1.807) is 13.1 Å². The van der Waals surface area contributed by atoms with Crippen molar-refractivity contribution in [2.45, 2.75) is 13.3 Å². The van der Waals surface area contributed by atoms with E-state index < -0.39 is 0 Å². The number of hydrogen-bond acceptors (Lipinski definition) is 4. The summed E-state index contributed by atoms with van der Waals surface area (Å²) < 4.78 is 0. The van der Waals surface area contributed by atoms with Gasteiger partial charge in [0.05, 0.1) is 0 Å². The van der Waals surface area contributed by atoms with Crippen LogP contribution in [-0.4, -0.2) is 36.2 Å².